The van der Waals surface area contributed by atoms with Crippen molar-refractivity contribution in [3.05, 3.63) is 93.7 Å². The van der Waals surface area contributed by atoms with Gasteiger partial charge in [-0.25, -0.2) is 4.79 Å². The minimum atomic E-state index is -1.05. The molecule has 9 heteroatoms. The maximum Gasteiger partial charge on any atom is 0.408 e. The van der Waals surface area contributed by atoms with Crippen molar-refractivity contribution in [2.24, 2.45) is 0 Å². The van der Waals surface area contributed by atoms with Gasteiger partial charge in [-0.2, -0.15) is 0 Å². The van der Waals surface area contributed by atoms with E-state index >= 15 is 0 Å². The molecule has 2 heterocycles. The number of carboxylic acid groups (broad SMARTS) is 1. The lowest BCUT2D eigenvalue weighted by atomic mass is 9.86. The van der Waals surface area contributed by atoms with E-state index in [4.69, 9.17) is 15.2 Å². The number of nitrogens with two attached hydrogens (primary N) is 1. The molecule has 1 aromatic heterocycles. The standard InChI is InChI=1S/C29H27N3O5S/c1-36-21-13-7-3-9-17(21)24-25-23(38-27(24)28(33)31-20-12-6-5-11-19(20)30)15-16-32(29(34)35)26(25)18-10-4-8-14-22(18)37-2/h3-14,26H,15-16,30H2,1-2H3,(H,31,33)(H,34,35). The van der Waals surface area contributed by atoms with E-state index in [1.54, 1.807) is 38.5 Å². The zero-order chi connectivity index (χ0) is 26.8. The van der Waals surface area contributed by atoms with Crippen molar-refractivity contribution >= 4 is 34.7 Å². The van der Waals surface area contributed by atoms with Gasteiger partial charge >= 0.3 is 6.09 Å². The van der Waals surface area contributed by atoms with Crippen LogP contribution in [0.1, 0.15) is 31.7 Å². The Labute approximate surface area is 224 Å². The molecule has 0 bridgehead atoms. The second-order valence-corrected chi connectivity index (χ2v) is 9.86. The number of fused-ring (bicyclic) bond motifs is 1. The van der Waals surface area contributed by atoms with Crippen molar-refractivity contribution in [2.75, 3.05) is 31.8 Å². The number of carbonyl (C=O) groups excluding carboxylic acids is 1. The number of amides is 2. The number of rotatable bonds is 6. The number of nitrogens with one attached hydrogen (secondary N) is 1. The number of thiophene rings is 1. The largest absolute Gasteiger partial charge is 0.496 e. The van der Waals surface area contributed by atoms with E-state index in [9.17, 15) is 14.7 Å². The van der Waals surface area contributed by atoms with Gasteiger partial charge in [-0.3, -0.25) is 9.69 Å². The Morgan fingerprint density at radius 2 is 1.63 bits per heavy atom. The van der Waals surface area contributed by atoms with Gasteiger partial charge in [-0.15, -0.1) is 11.3 Å². The molecule has 2 amide bonds. The molecule has 0 spiro atoms. The maximum absolute atomic E-state index is 13.8. The van der Waals surface area contributed by atoms with E-state index < -0.39 is 12.1 Å². The average molecular weight is 530 g/mol. The van der Waals surface area contributed by atoms with Gasteiger partial charge in [0.05, 0.1) is 31.6 Å². The number of hydrogen-bond acceptors (Lipinski definition) is 6. The first-order chi connectivity index (χ1) is 18.4. The minimum Gasteiger partial charge on any atom is -0.496 e. The summed E-state index contributed by atoms with van der Waals surface area (Å²) in [6, 6.07) is 21.2. The zero-order valence-corrected chi connectivity index (χ0v) is 21.7. The SMILES string of the molecule is COc1ccccc1-c1c(C(=O)Nc2ccccc2N)sc2c1C(c1ccccc1OC)N(C(=O)O)CC2. The Morgan fingerprint density at radius 1 is 0.974 bits per heavy atom. The lowest BCUT2D eigenvalue weighted by Gasteiger charge is -2.35. The fourth-order valence-corrected chi connectivity index (χ4v) is 6.19. The molecule has 0 fully saturated rings. The highest BCUT2D eigenvalue weighted by Gasteiger charge is 2.40. The quantitative estimate of drug-likeness (QED) is 0.268. The van der Waals surface area contributed by atoms with Crippen LogP contribution >= 0.6 is 11.3 Å². The number of carbonyl (C=O) groups is 2. The molecule has 1 aliphatic rings. The third-order valence-electron chi connectivity index (χ3n) is 6.66. The summed E-state index contributed by atoms with van der Waals surface area (Å²) in [5.41, 5.74) is 9.85. The number of ether oxygens (including phenoxy) is 2. The van der Waals surface area contributed by atoms with Crippen LogP contribution in [0, 0.1) is 0 Å². The molecule has 1 aliphatic heterocycles. The normalized spacial score (nSPS) is 14.5. The van der Waals surface area contributed by atoms with Crippen LogP contribution in [-0.2, 0) is 6.42 Å². The predicted octanol–water partition coefficient (Wildman–Crippen LogP) is 5.89. The average Bonchev–Trinajstić information content (AvgIpc) is 3.33. The molecule has 4 aromatic rings. The minimum absolute atomic E-state index is 0.281. The number of nitrogens with zero attached hydrogens (tertiary/aromatic N) is 1. The Hall–Kier alpha value is -4.50. The van der Waals surface area contributed by atoms with E-state index in [0.29, 0.717) is 50.9 Å². The van der Waals surface area contributed by atoms with Crippen molar-refractivity contribution in [1.82, 2.24) is 4.90 Å². The smallest absolute Gasteiger partial charge is 0.408 e. The number of para-hydroxylation sites is 4. The van der Waals surface area contributed by atoms with Gasteiger partial charge in [0.25, 0.3) is 5.91 Å². The summed E-state index contributed by atoms with van der Waals surface area (Å²) in [6.07, 6.45) is -0.576. The summed E-state index contributed by atoms with van der Waals surface area (Å²) < 4.78 is 11.3. The summed E-state index contributed by atoms with van der Waals surface area (Å²) in [5, 5.41) is 13.2. The molecular formula is C29H27N3O5S. The molecule has 194 valence electrons. The molecule has 5 rings (SSSR count). The predicted molar refractivity (Wildman–Crippen MR) is 148 cm³/mol. The number of anilines is 2. The van der Waals surface area contributed by atoms with E-state index in [2.05, 4.69) is 5.32 Å². The maximum atomic E-state index is 13.8. The molecule has 0 radical (unpaired) electrons. The van der Waals surface area contributed by atoms with Crippen LogP contribution in [0.4, 0.5) is 16.2 Å². The highest BCUT2D eigenvalue weighted by atomic mass is 32.1. The molecule has 4 N–H and O–H groups in total. The van der Waals surface area contributed by atoms with Gasteiger partial charge in [0.15, 0.2) is 0 Å². The Kier molecular flexibility index (Phi) is 6.93. The van der Waals surface area contributed by atoms with E-state index in [0.717, 1.165) is 10.4 Å². The van der Waals surface area contributed by atoms with Gasteiger partial charge in [0.1, 0.15) is 16.4 Å². The van der Waals surface area contributed by atoms with Crippen molar-refractivity contribution < 1.29 is 24.2 Å². The van der Waals surface area contributed by atoms with E-state index in [-0.39, 0.29) is 12.5 Å². The summed E-state index contributed by atoms with van der Waals surface area (Å²) in [7, 11) is 3.13. The van der Waals surface area contributed by atoms with E-state index in [1.807, 2.05) is 48.5 Å². The Morgan fingerprint density at radius 3 is 2.34 bits per heavy atom. The molecule has 1 unspecified atom stereocenters. The third-order valence-corrected chi connectivity index (χ3v) is 7.92. The van der Waals surface area contributed by atoms with Gasteiger partial charge in [-0.05, 0) is 30.7 Å². The monoisotopic (exact) mass is 529 g/mol. The van der Waals surface area contributed by atoms with Gasteiger partial charge in [-0.1, -0.05) is 48.5 Å². The van der Waals surface area contributed by atoms with Crippen LogP contribution in [0.5, 0.6) is 11.5 Å². The summed E-state index contributed by atoms with van der Waals surface area (Å²) in [4.78, 5) is 29.1. The molecule has 8 nitrogen and oxygen atoms in total. The van der Waals surface area contributed by atoms with Gasteiger partial charge in [0.2, 0.25) is 0 Å². The van der Waals surface area contributed by atoms with E-state index in [1.165, 1.54) is 16.2 Å². The summed E-state index contributed by atoms with van der Waals surface area (Å²) in [6.45, 7) is 0.281. The topological polar surface area (TPSA) is 114 Å². The number of benzene rings is 3. The van der Waals surface area contributed by atoms with Crippen LogP contribution < -0.4 is 20.5 Å². The summed E-state index contributed by atoms with van der Waals surface area (Å²) in [5.74, 6) is 0.813. The lowest BCUT2D eigenvalue weighted by Crippen LogP contribution is -2.39. The fraction of sp³-hybridized carbons (Fsp3) is 0.172. The molecule has 1 atom stereocenters. The molecule has 0 saturated carbocycles. The second-order valence-electron chi connectivity index (χ2n) is 8.76. The van der Waals surface area contributed by atoms with Gasteiger partial charge < -0.3 is 25.6 Å². The molecule has 0 saturated heterocycles. The van der Waals surface area contributed by atoms with Crippen LogP contribution in [-0.4, -0.2) is 42.8 Å². The second kappa shape index (κ2) is 10.5. The van der Waals surface area contributed by atoms with Crippen LogP contribution in [0.3, 0.4) is 0 Å². The Bertz CT molecular complexity index is 1520. The molecule has 3 aromatic carbocycles. The highest BCUT2D eigenvalue weighted by molar-refractivity contribution is 7.15. The molecule has 0 aliphatic carbocycles. The highest BCUT2D eigenvalue weighted by Crippen LogP contribution is 2.50. The number of hydrogen-bond donors (Lipinski definition) is 3. The summed E-state index contributed by atoms with van der Waals surface area (Å²) >= 11 is 1.37. The first-order valence-electron chi connectivity index (χ1n) is 12.0. The number of methoxy groups -OCH3 is 2. The van der Waals surface area contributed by atoms with Crippen molar-refractivity contribution in [3.63, 3.8) is 0 Å². The van der Waals surface area contributed by atoms with Crippen molar-refractivity contribution in [2.45, 2.75) is 12.5 Å². The zero-order valence-electron chi connectivity index (χ0n) is 20.9. The molecular weight excluding hydrogens is 502 g/mol. The number of nitrogen functional groups attached to an aromatic ring is 1. The van der Waals surface area contributed by atoms with Crippen molar-refractivity contribution in [3.8, 4) is 22.6 Å². The molecule has 38 heavy (non-hydrogen) atoms. The van der Waals surface area contributed by atoms with Crippen LogP contribution in [0.2, 0.25) is 0 Å². The first kappa shape index (κ1) is 25.2. The van der Waals surface area contributed by atoms with Crippen LogP contribution in [0.25, 0.3) is 11.1 Å². The first-order valence-corrected chi connectivity index (χ1v) is 12.8. The van der Waals surface area contributed by atoms with Crippen molar-refractivity contribution in [1.29, 1.82) is 0 Å². The van der Waals surface area contributed by atoms with Crippen LogP contribution in [0.15, 0.2) is 72.8 Å². The Balaban J connectivity index is 1.78. The third kappa shape index (κ3) is 4.41. The lowest BCUT2D eigenvalue weighted by molar-refractivity contribution is 0.103. The van der Waals surface area contributed by atoms with Gasteiger partial charge in [0, 0.05) is 33.7 Å². The fourth-order valence-electron chi connectivity index (χ4n) is 4.96.